The maximum absolute atomic E-state index is 13.3. The summed E-state index contributed by atoms with van der Waals surface area (Å²) in [5, 5.41) is 87.3. The number of rotatable bonds is 53. The largest absolute Gasteiger partial charge is 0.394 e. The molecule has 9 N–H and O–H groups in total. The molecule has 2 saturated heterocycles. The van der Waals surface area contributed by atoms with Gasteiger partial charge in [-0.1, -0.05) is 251 Å². The van der Waals surface area contributed by atoms with Gasteiger partial charge < -0.3 is 65.1 Å². The molecule has 0 aromatic heterocycles. The number of nitrogens with one attached hydrogen (secondary N) is 1. The second-order valence-corrected chi connectivity index (χ2v) is 23.2. The number of carbonyl (C=O) groups excluding carboxylic acids is 1. The molecule has 2 heterocycles. The Morgan fingerprint density at radius 3 is 1.28 bits per heavy atom. The fourth-order valence-corrected chi connectivity index (χ4v) is 10.3. The lowest BCUT2D eigenvalue weighted by molar-refractivity contribution is -0.359. The second-order valence-electron chi connectivity index (χ2n) is 23.2. The first-order valence-corrected chi connectivity index (χ1v) is 33.8. The van der Waals surface area contributed by atoms with Crippen molar-refractivity contribution in [3.05, 3.63) is 122 Å². The predicted octanol–water partition coefficient (Wildman–Crippen LogP) is 13.3. The van der Waals surface area contributed by atoms with Crippen LogP contribution in [0.2, 0.25) is 0 Å². The minimum Gasteiger partial charge on any atom is -0.394 e. The highest BCUT2D eigenvalue weighted by Gasteiger charge is 2.51. The Balaban J connectivity index is 1.71. The zero-order valence-corrected chi connectivity index (χ0v) is 53.3. The normalized spacial score (nSPS) is 24.2. The summed E-state index contributed by atoms with van der Waals surface area (Å²) < 4.78 is 22.8. The molecule has 0 bridgehead atoms. The molecule has 1 amide bonds. The number of allylic oxidation sites excluding steroid dienone is 19. The lowest BCUT2D eigenvalue weighted by atomic mass is 9.97. The highest BCUT2D eigenvalue weighted by atomic mass is 16.7. The van der Waals surface area contributed by atoms with Crippen LogP contribution < -0.4 is 5.32 Å². The standard InChI is InChI=1S/C72H121NO13/c1-3-5-7-9-11-13-15-17-19-21-23-24-25-26-27-28-29-30-31-32-33-34-35-36-38-40-42-44-46-48-50-52-54-56-64(77)73-60(61(76)55-53-51-49-47-45-43-41-39-37-22-20-18-16-14-12-10-8-6-4-2)59-83-71-69(82)67(80)70(63(58-75)85-71)86-72-68(81)66(79)65(78)62(57-74)84-72/h5,7,11,13,17,19,23-24,26-27,29-30,32-33,35-36,45,47,53,55,60-63,65-72,74-76,78-82H,3-4,6,8-10,12,14-16,18,20-22,25,28,31,34,37-44,46,48-52,54,56-59H2,1-2H3,(H,73,77)/b7-5-,13-11-,19-17-,24-23-,27-26-,30-29-,33-32-,36-35-,47-45+,55-53+. The minimum absolute atomic E-state index is 0.256. The number of aliphatic hydroxyl groups is 8. The van der Waals surface area contributed by atoms with Gasteiger partial charge in [-0.15, -0.1) is 0 Å². The van der Waals surface area contributed by atoms with Crippen molar-refractivity contribution >= 4 is 5.91 Å². The first kappa shape index (κ1) is 78.5. The van der Waals surface area contributed by atoms with E-state index in [1.807, 2.05) is 6.08 Å². The molecule has 0 saturated carbocycles. The first-order chi connectivity index (χ1) is 42.1. The van der Waals surface area contributed by atoms with Gasteiger partial charge in [0, 0.05) is 6.42 Å². The van der Waals surface area contributed by atoms with E-state index in [9.17, 15) is 45.6 Å². The summed E-state index contributed by atoms with van der Waals surface area (Å²) in [4.78, 5) is 13.3. The van der Waals surface area contributed by atoms with Gasteiger partial charge >= 0.3 is 0 Å². The van der Waals surface area contributed by atoms with Crippen molar-refractivity contribution in [1.29, 1.82) is 0 Å². The fourth-order valence-electron chi connectivity index (χ4n) is 10.3. The maximum Gasteiger partial charge on any atom is 0.220 e. The molecule has 12 unspecified atom stereocenters. The van der Waals surface area contributed by atoms with E-state index in [2.05, 4.69) is 129 Å². The molecule has 86 heavy (non-hydrogen) atoms. The molecular weight excluding hydrogens is 1090 g/mol. The van der Waals surface area contributed by atoms with Crippen LogP contribution in [0.15, 0.2) is 122 Å². The summed E-state index contributed by atoms with van der Waals surface area (Å²) in [6.45, 7) is 2.66. The molecule has 12 atom stereocenters. The molecule has 492 valence electrons. The molecule has 2 aliphatic rings. The van der Waals surface area contributed by atoms with Crippen molar-refractivity contribution in [2.75, 3.05) is 19.8 Å². The molecule has 0 aliphatic carbocycles. The Morgan fingerprint density at radius 2 is 0.814 bits per heavy atom. The van der Waals surface area contributed by atoms with E-state index in [1.165, 1.54) is 103 Å². The maximum atomic E-state index is 13.3. The van der Waals surface area contributed by atoms with Gasteiger partial charge in [-0.3, -0.25) is 4.79 Å². The predicted molar refractivity (Wildman–Crippen MR) is 350 cm³/mol. The second kappa shape index (κ2) is 55.5. The number of unbranched alkanes of at least 4 members (excludes halogenated alkanes) is 22. The van der Waals surface area contributed by atoms with Crippen molar-refractivity contribution in [1.82, 2.24) is 5.32 Å². The Kier molecular flexibility index (Phi) is 50.6. The molecular formula is C72H121NO13. The van der Waals surface area contributed by atoms with E-state index in [0.717, 1.165) is 96.3 Å². The third-order valence-electron chi connectivity index (χ3n) is 15.6. The van der Waals surface area contributed by atoms with Crippen LogP contribution in [0.3, 0.4) is 0 Å². The van der Waals surface area contributed by atoms with Gasteiger partial charge in [-0.2, -0.15) is 0 Å². The van der Waals surface area contributed by atoms with Gasteiger partial charge in [0.2, 0.25) is 5.91 Å². The van der Waals surface area contributed by atoms with Crippen molar-refractivity contribution in [3.8, 4) is 0 Å². The number of aliphatic hydroxyl groups excluding tert-OH is 8. The highest BCUT2D eigenvalue weighted by Crippen LogP contribution is 2.30. The number of hydrogen-bond acceptors (Lipinski definition) is 13. The van der Waals surface area contributed by atoms with Gasteiger partial charge in [0.1, 0.15) is 48.8 Å². The smallest absolute Gasteiger partial charge is 0.220 e. The van der Waals surface area contributed by atoms with E-state index < -0.39 is 86.8 Å². The van der Waals surface area contributed by atoms with Crippen molar-refractivity contribution in [2.45, 2.75) is 306 Å². The molecule has 14 nitrogen and oxygen atoms in total. The van der Waals surface area contributed by atoms with Crippen LogP contribution in [0.5, 0.6) is 0 Å². The Labute approximate surface area is 520 Å². The monoisotopic (exact) mass is 1210 g/mol. The molecule has 0 radical (unpaired) electrons. The first-order valence-electron chi connectivity index (χ1n) is 33.8. The average molecular weight is 1210 g/mol. The quantitative estimate of drug-likeness (QED) is 0.0204. The van der Waals surface area contributed by atoms with Crippen LogP contribution in [-0.4, -0.2) is 140 Å². The molecule has 2 fully saturated rings. The molecule has 14 heteroatoms. The summed E-state index contributed by atoms with van der Waals surface area (Å²) in [5.74, 6) is -0.262. The lowest BCUT2D eigenvalue weighted by Gasteiger charge is -2.46. The molecule has 0 aromatic rings. The van der Waals surface area contributed by atoms with Gasteiger partial charge in [-0.05, 0) is 96.3 Å². The van der Waals surface area contributed by atoms with Gasteiger partial charge in [0.05, 0.1) is 32.0 Å². The molecule has 2 rings (SSSR count). The van der Waals surface area contributed by atoms with Crippen LogP contribution in [-0.2, 0) is 23.7 Å². The number of ether oxygens (including phenoxy) is 4. The van der Waals surface area contributed by atoms with Gasteiger partial charge in [-0.25, -0.2) is 0 Å². The summed E-state index contributed by atoms with van der Waals surface area (Å²) >= 11 is 0. The summed E-state index contributed by atoms with van der Waals surface area (Å²) in [6, 6.07) is -0.946. The molecule has 0 spiro atoms. The third kappa shape index (κ3) is 39.4. The highest BCUT2D eigenvalue weighted by molar-refractivity contribution is 5.76. The number of carbonyl (C=O) groups is 1. The van der Waals surface area contributed by atoms with E-state index in [-0.39, 0.29) is 18.9 Å². The van der Waals surface area contributed by atoms with E-state index in [4.69, 9.17) is 18.9 Å². The zero-order valence-electron chi connectivity index (χ0n) is 53.3. The number of hydrogen-bond donors (Lipinski definition) is 9. The SMILES string of the molecule is CC/C=C\C/C=C\C/C=C\C/C=C\C/C=C\C/C=C\C/C=C\C/C=C\CCCCCCCCCCC(=O)NC(COC1OC(CO)C(OC2OC(CO)C(O)C(O)C2O)C(O)C1O)C(O)/C=C/CC/C=C/CCCCCCCCCCCCCCC. The van der Waals surface area contributed by atoms with E-state index >= 15 is 0 Å². The summed E-state index contributed by atoms with van der Waals surface area (Å²) in [5.41, 5.74) is 0. The van der Waals surface area contributed by atoms with Crippen molar-refractivity contribution in [3.63, 3.8) is 0 Å². The minimum atomic E-state index is -1.80. The molecule has 0 aromatic carbocycles. The van der Waals surface area contributed by atoms with Crippen LogP contribution in [0.4, 0.5) is 0 Å². The summed E-state index contributed by atoms with van der Waals surface area (Å²) in [7, 11) is 0. The van der Waals surface area contributed by atoms with E-state index in [0.29, 0.717) is 12.8 Å². The van der Waals surface area contributed by atoms with Gasteiger partial charge in [0.15, 0.2) is 12.6 Å². The van der Waals surface area contributed by atoms with Crippen LogP contribution in [0, 0.1) is 0 Å². The van der Waals surface area contributed by atoms with Crippen LogP contribution in [0.1, 0.15) is 232 Å². The topological polar surface area (TPSA) is 228 Å². The fraction of sp³-hybridized carbons (Fsp3) is 0.708. The Bertz CT molecular complexity index is 1910. The van der Waals surface area contributed by atoms with E-state index in [1.54, 1.807) is 6.08 Å². The lowest BCUT2D eigenvalue weighted by Crippen LogP contribution is -2.65. The Hall–Kier alpha value is -3.61. The third-order valence-corrected chi connectivity index (χ3v) is 15.6. The van der Waals surface area contributed by atoms with Crippen LogP contribution in [0.25, 0.3) is 0 Å². The summed E-state index contributed by atoms with van der Waals surface area (Å²) in [6.07, 6.45) is 63.8. The van der Waals surface area contributed by atoms with Crippen molar-refractivity contribution < 1.29 is 64.6 Å². The zero-order chi connectivity index (χ0) is 62.3. The molecule has 2 aliphatic heterocycles. The van der Waals surface area contributed by atoms with Crippen molar-refractivity contribution in [2.24, 2.45) is 0 Å². The average Bonchev–Trinajstić information content (AvgIpc) is 2.63. The van der Waals surface area contributed by atoms with Gasteiger partial charge in [0.25, 0.3) is 0 Å². The number of amides is 1. The Morgan fingerprint density at radius 1 is 0.430 bits per heavy atom. The van der Waals surface area contributed by atoms with Crippen LogP contribution >= 0.6 is 0 Å².